The molecule has 0 bridgehead atoms. The lowest BCUT2D eigenvalue weighted by Crippen LogP contribution is -2.30. The molecule has 0 saturated carbocycles. The molecule has 1 heterocycles. The molecule has 0 atom stereocenters. The summed E-state index contributed by atoms with van der Waals surface area (Å²) in [6.07, 6.45) is 1.30. The van der Waals surface area contributed by atoms with Crippen molar-refractivity contribution in [3.05, 3.63) is 51.4 Å². The van der Waals surface area contributed by atoms with E-state index in [2.05, 4.69) is 0 Å². The Hall–Kier alpha value is -2.60. The van der Waals surface area contributed by atoms with Gasteiger partial charge in [0.1, 0.15) is 17.9 Å². The topological polar surface area (TPSA) is 74.6 Å². The molecule has 7 heteroatoms. The fourth-order valence-corrected chi connectivity index (χ4v) is 2.67. The van der Waals surface area contributed by atoms with Crippen molar-refractivity contribution >= 4 is 23.4 Å². The highest BCUT2D eigenvalue weighted by Gasteiger charge is 2.19. The molecule has 0 N–H and O–H groups in total. The predicted octanol–water partition coefficient (Wildman–Crippen LogP) is 3.72. The molecule has 0 saturated heterocycles. The van der Waals surface area contributed by atoms with Crippen LogP contribution in [-0.4, -0.2) is 29.0 Å². The Morgan fingerprint density at radius 3 is 2.52 bits per heavy atom. The van der Waals surface area contributed by atoms with E-state index in [9.17, 15) is 14.4 Å². The molecule has 0 amide bonds. The zero-order valence-corrected chi connectivity index (χ0v) is 16.2. The number of aromatic nitrogens is 1. The van der Waals surface area contributed by atoms with Gasteiger partial charge in [-0.2, -0.15) is 0 Å². The quantitative estimate of drug-likeness (QED) is 0.570. The van der Waals surface area contributed by atoms with E-state index in [1.807, 2.05) is 0 Å². The van der Waals surface area contributed by atoms with Crippen LogP contribution >= 0.6 is 11.6 Å². The number of nitrogens with zero attached hydrogens (tertiary/aromatic N) is 1. The monoisotopic (exact) mass is 394 g/mol. The largest absolute Gasteiger partial charge is 0.495 e. The number of ketones is 1. The molecule has 0 aliphatic heterocycles. The number of halogens is 1. The van der Waals surface area contributed by atoms with Gasteiger partial charge < -0.3 is 14.0 Å². The lowest BCUT2D eigenvalue weighted by molar-refractivity contribution is -0.155. The molecule has 0 radical (unpaired) electrons. The first kappa shape index (κ1) is 16.6. The number of hydrogen-bond acceptors (Lipinski definition) is 5. The molecule has 0 fully saturated rings. The van der Waals surface area contributed by atoms with E-state index >= 15 is 0 Å². The lowest BCUT2D eigenvalue weighted by atomic mass is 9.97. The Morgan fingerprint density at radius 1 is 1.22 bits per heavy atom. The summed E-state index contributed by atoms with van der Waals surface area (Å²) in [6, 6.07) is 5.22. The third kappa shape index (κ3) is 5.20. The van der Waals surface area contributed by atoms with E-state index in [1.54, 1.807) is 20.8 Å². The fraction of sp³-hybridized carbons (Fsp3) is 0.350. The van der Waals surface area contributed by atoms with Gasteiger partial charge in [-0.05, 0) is 51.4 Å². The molecule has 6 nitrogen and oxygen atoms in total. The number of carbonyl (C=O) groups excluding carboxylic acids is 2. The first-order valence-electron chi connectivity index (χ1n) is 9.58. The number of esters is 1. The Balaban J connectivity index is 2.58. The van der Waals surface area contributed by atoms with Crippen molar-refractivity contribution < 1.29 is 23.2 Å². The average Bonchev–Trinajstić information content (AvgIpc) is 2.60. The third-order valence-electron chi connectivity index (χ3n) is 3.55. The Morgan fingerprint density at radius 2 is 1.93 bits per heavy atom. The van der Waals surface area contributed by atoms with Gasteiger partial charge in [0.25, 0.3) is 5.56 Å². The summed E-state index contributed by atoms with van der Waals surface area (Å²) in [5, 5.41) is 0.243. The maximum atomic E-state index is 12.6. The molecule has 2 aromatic rings. The number of benzene rings is 1. The molecule has 0 spiro atoms. The van der Waals surface area contributed by atoms with Gasteiger partial charge in [-0.15, -0.1) is 0 Å². The van der Waals surface area contributed by atoms with Crippen molar-refractivity contribution in [2.45, 2.75) is 39.8 Å². The Bertz CT molecular complexity index is 1040. The maximum absolute atomic E-state index is 12.6. The standard InChI is InChI=1S/C20H22ClNO5/c1-12(23)14-7-6-13(21)8-15(14)16-9-18(24)22(10-17(16)26-5)11-19(25)27-20(2,3)4/h6-10H,11H2,1-5H3/i1D3. The molecule has 1 aromatic heterocycles. The molecule has 0 aliphatic carbocycles. The van der Waals surface area contributed by atoms with Crippen LogP contribution in [0.15, 0.2) is 35.3 Å². The van der Waals surface area contributed by atoms with Gasteiger partial charge in [0, 0.05) is 26.3 Å². The number of pyridine rings is 1. The lowest BCUT2D eigenvalue weighted by Gasteiger charge is -2.20. The van der Waals surface area contributed by atoms with Crippen molar-refractivity contribution in [1.29, 1.82) is 0 Å². The van der Waals surface area contributed by atoms with Crippen LogP contribution in [0.2, 0.25) is 5.02 Å². The van der Waals surface area contributed by atoms with E-state index in [-0.39, 0.29) is 34.0 Å². The first-order chi connectivity index (χ1) is 13.7. The Labute approximate surface area is 166 Å². The summed E-state index contributed by atoms with van der Waals surface area (Å²) in [4.78, 5) is 37.1. The minimum atomic E-state index is -2.87. The summed E-state index contributed by atoms with van der Waals surface area (Å²) in [7, 11) is 1.34. The van der Waals surface area contributed by atoms with E-state index in [1.165, 1.54) is 31.5 Å². The SMILES string of the molecule is [2H]C([2H])([2H])C(=O)c1ccc(Cl)cc1-c1cc(=O)n(CC(=O)OC(C)(C)C)cc1OC. The smallest absolute Gasteiger partial charge is 0.326 e. The second-order valence-electron chi connectivity index (χ2n) is 6.83. The molecule has 0 unspecified atom stereocenters. The van der Waals surface area contributed by atoms with Crippen LogP contribution in [0.3, 0.4) is 0 Å². The van der Waals surface area contributed by atoms with E-state index in [4.69, 9.17) is 25.2 Å². The number of carbonyl (C=O) groups is 2. The van der Waals surface area contributed by atoms with Gasteiger partial charge in [-0.1, -0.05) is 11.6 Å². The molecular formula is C20H22ClNO5. The summed E-state index contributed by atoms with van der Waals surface area (Å²) >= 11 is 6.05. The van der Waals surface area contributed by atoms with Gasteiger partial charge in [0.05, 0.1) is 13.3 Å². The maximum Gasteiger partial charge on any atom is 0.326 e. The predicted molar refractivity (Wildman–Crippen MR) is 104 cm³/mol. The number of methoxy groups -OCH3 is 1. The van der Waals surface area contributed by atoms with Gasteiger partial charge in [-0.25, -0.2) is 0 Å². The van der Waals surface area contributed by atoms with Crippen LogP contribution in [0.1, 0.15) is 42.1 Å². The molecule has 27 heavy (non-hydrogen) atoms. The second kappa shape index (κ2) is 7.96. The fourth-order valence-electron chi connectivity index (χ4n) is 2.50. The second-order valence-corrected chi connectivity index (χ2v) is 7.26. The van der Waals surface area contributed by atoms with Crippen LogP contribution < -0.4 is 10.3 Å². The highest BCUT2D eigenvalue weighted by Crippen LogP contribution is 2.33. The summed E-state index contributed by atoms with van der Waals surface area (Å²) in [5.41, 5.74) is -1.08. The zero-order chi connectivity index (χ0) is 22.9. The van der Waals surface area contributed by atoms with Crippen molar-refractivity contribution in [3.8, 4) is 16.9 Å². The highest BCUT2D eigenvalue weighted by molar-refractivity contribution is 6.31. The zero-order valence-electron chi connectivity index (χ0n) is 18.5. The third-order valence-corrected chi connectivity index (χ3v) is 3.78. The van der Waals surface area contributed by atoms with E-state index in [0.29, 0.717) is 0 Å². The number of ether oxygens (including phenoxy) is 2. The summed E-state index contributed by atoms with van der Waals surface area (Å²) in [5.74, 6) is -1.55. The van der Waals surface area contributed by atoms with Gasteiger partial charge in [-0.3, -0.25) is 14.4 Å². The van der Waals surface area contributed by atoms with E-state index < -0.39 is 29.8 Å². The average molecular weight is 395 g/mol. The number of rotatable bonds is 5. The molecular weight excluding hydrogens is 370 g/mol. The minimum absolute atomic E-state index is 0.123. The Kier molecular flexibility index (Phi) is 4.89. The van der Waals surface area contributed by atoms with Crippen LogP contribution in [0, 0.1) is 0 Å². The normalized spacial score (nSPS) is 13.3. The van der Waals surface area contributed by atoms with Crippen molar-refractivity contribution in [3.63, 3.8) is 0 Å². The van der Waals surface area contributed by atoms with Crippen LogP contribution in [0.4, 0.5) is 0 Å². The minimum Gasteiger partial charge on any atom is -0.495 e. The molecule has 2 rings (SSSR count). The first-order valence-corrected chi connectivity index (χ1v) is 8.46. The van der Waals surface area contributed by atoms with Crippen molar-refractivity contribution in [2.75, 3.05) is 7.11 Å². The van der Waals surface area contributed by atoms with Crippen LogP contribution in [0.5, 0.6) is 5.75 Å². The van der Waals surface area contributed by atoms with Crippen LogP contribution in [0.25, 0.3) is 11.1 Å². The van der Waals surface area contributed by atoms with Gasteiger partial charge in [0.2, 0.25) is 0 Å². The molecule has 144 valence electrons. The summed E-state index contributed by atoms with van der Waals surface area (Å²) < 4.78 is 33.9. The van der Waals surface area contributed by atoms with Gasteiger partial charge >= 0.3 is 5.97 Å². The van der Waals surface area contributed by atoms with E-state index in [0.717, 1.165) is 10.6 Å². The molecule has 1 aromatic carbocycles. The number of Topliss-reactive ketones (excluding diaryl/α,β-unsaturated/α-hetero) is 1. The van der Waals surface area contributed by atoms with Crippen molar-refractivity contribution in [2.24, 2.45) is 0 Å². The molecule has 0 aliphatic rings. The number of hydrogen-bond donors (Lipinski definition) is 0. The van der Waals surface area contributed by atoms with Gasteiger partial charge in [0.15, 0.2) is 5.78 Å². The summed E-state index contributed by atoms with van der Waals surface area (Å²) in [6.45, 7) is 1.91. The highest BCUT2D eigenvalue weighted by atomic mass is 35.5. The van der Waals surface area contributed by atoms with Crippen molar-refractivity contribution in [1.82, 2.24) is 4.57 Å². The van der Waals surface area contributed by atoms with Crippen LogP contribution in [-0.2, 0) is 16.1 Å².